The van der Waals surface area contributed by atoms with Crippen molar-refractivity contribution in [3.8, 4) is 0 Å². The molecule has 0 aromatic heterocycles. The summed E-state index contributed by atoms with van der Waals surface area (Å²) in [6, 6.07) is 13.0. The van der Waals surface area contributed by atoms with E-state index >= 15 is 0 Å². The lowest BCUT2D eigenvalue weighted by Crippen LogP contribution is -2.24. The van der Waals surface area contributed by atoms with Crippen molar-refractivity contribution in [1.29, 1.82) is 0 Å². The van der Waals surface area contributed by atoms with Gasteiger partial charge in [0.25, 0.3) is 0 Å². The third kappa shape index (κ3) is 4.53. The van der Waals surface area contributed by atoms with Gasteiger partial charge in [-0.15, -0.1) is 0 Å². The molecular formula is C17H18BrClFN. The smallest absolute Gasteiger partial charge is 0.127 e. The highest BCUT2D eigenvalue weighted by atomic mass is 79.9. The minimum atomic E-state index is -0.252. The molecule has 2 aromatic rings. The summed E-state index contributed by atoms with van der Waals surface area (Å²) in [6.07, 6.45) is 1.62. The molecule has 0 amide bonds. The molecule has 2 aromatic carbocycles. The molecule has 0 radical (unpaired) electrons. The van der Waals surface area contributed by atoms with Crippen molar-refractivity contribution >= 4 is 27.5 Å². The second-order valence-electron chi connectivity index (χ2n) is 4.97. The molecule has 0 bridgehead atoms. The normalized spacial score (nSPS) is 12.4. The average molecular weight is 371 g/mol. The van der Waals surface area contributed by atoms with Crippen molar-refractivity contribution in [3.05, 3.63) is 68.9 Å². The fourth-order valence-electron chi connectivity index (χ4n) is 2.28. The lowest BCUT2D eigenvalue weighted by molar-refractivity contribution is 0.511. The van der Waals surface area contributed by atoms with E-state index in [-0.39, 0.29) is 11.9 Å². The Balaban J connectivity index is 2.26. The Labute approximate surface area is 138 Å². The molecule has 2 rings (SSSR count). The van der Waals surface area contributed by atoms with Gasteiger partial charge in [0.05, 0.1) is 0 Å². The highest BCUT2D eigenvalue weighted by Crippen LogP contribution is 2.27. The van der Waals surface area contributed by atoms with Gasteiger partial charge in [-0.3, -0.25) is 0 Å². The largest absolute Gasteiger partial charge is 0.310 e. The predicted molar refractivity (Wildman–Crippen MR) is 90.3 cm³/mol. The molecule has 0 aliphatic carbocycles. The molecule has 112 valence electrons. The molecule has 21 heavy (non-hydrogen) atoms. The van der Waals surface area contributed by atoms with Crippen LogP contribution in [0, 0.1) is 5.82 Å². The van der Waals surface area contributed by atoms with Crippen LogP contribution in [0.25, 0.3) is 0 Å². The van der Waals surface area contributed by atoms with Gasteiger partial charge >= 0.3 is 0 Å². The van der Waals surface area contributed by atoms with E-state index in [1.54, 1.807) is 12.1 Å². The number of halogens is 3. The zero-order chi connectivity index (χ0) is 15.2. The first-order valence-corrected chi connectivity index (χ1v) is 8.20. The molecule has 0 saturated heterocycles. The molecule has 1 unspecified atom stereocenters. The Morgan fingerprint density at radius 1 is 1.24 bits per heavy atom. The van der Waals surface area contributed by atoms with E-state index in [9.17, 15) is 4.39 Å². The number of hydrogen-bond donors (Lipinski definition) is 1. The summed E-state index contributed by atoms with van der Waals surface area (Å²) < 4.78 is 15.1. The lowest BCUT2D eigenvalue weighted by atomic mass is 9.98. The quantitative estimate of drug-likeness (QED) is 0.705. The summed E-state index contributed by atoms with van der Waals surface area (Å²) in [6.45, 7) is 3.01. The first kappa shape index (κ1) is 16.5. The van der Waals surface area contributed by atoms with Crippen LogP contribution in [-0.2, 0) is 6.42 Å². The van der Waals surface area contributed by atoms with E-state index in [1.807, 2.05) is 18.2 Å². The lowest BCUT2D eigenvalue weighted by Gasteiger charge is -2.21. The Morgan fingerprint density at radius 2 is 2.00 bits per heavy atom. The standard InChI is InChI=1S/C17H18BrClFN/c1-2-9-21-17(14-5-3-4-6-15(14)18)10-12-7-8-13(19)11-16(12)20/h3-8,11,17,21H,2,9-10H2,1H3. The summed E-state index contributed by atoms with van der Waals surface area (Å²) in [5.74, 6) is -0.252. The molecule has 0 heterocycles. The fraction of sp³-hybridized carbons (Fsp3) is 0.294. The average Bonchev–Trinajstić information content (AvgIpc) is 2.46. The van der Waals surface area contributed by atoms with Gasteiger partial charge < -0.3 is 5.32 Å². The summed E-state index contributed by atoms with van der Waals surface area (Å²) in [4.78, 5) is 0. The summed E-state index contributed by atoms with van der Waals surface area (Å²) in [5.41, 5.74) is 1.81. The van der Waals surface area contributed by atoms with Crippen LogP contribution in [0.3, 0.4) is 0 Å². The van der Waals surface area contributed by atoms with Gasteiger partial charge in [-0.2, -0.15) is 0 Å². The third-order valence-corrected chi connectivity index (χ3v) is 4.32. The molecule has 0 fully saturated rings. The van der Waals surface area contributed by atoms with E-state index in [4.69, 9.17) is 11.6 Å². The maximum Gasteiger partial charge on any atom is 0.127 e. The highest BCUT2D eigenvalue weighted by Gasteiger charge is 2.16. The number of hydrogen-bond acceptors (Lipinski definition) is 1. The Bertz CT molecular complexity index is 603. The van der Waals surface area contributed by atoms with Crippen molar-refractivity contribution in [1.82, 2.24) is 5.32 Å². The third-order valence-electron chi connectivity index (χ3n) is 3.36. The van der Waals surface area contributed by atoms with Crippen LogP contribution in [0.1, 0.15) is 30.5 Å². The molecule has 4 heteroatoms. The van der Waals surface area contributed by atoms with Crippen molar-refractivity contribution in [2.45, 2.75) is 25.8 Å². The molecule has 1 atom stereocenters. The van der Waals surface area contributed by atoms with Crippen LogP contribution in [-0.4, -0.2) is 6.54 Å². The van der Waals surface area contributed by atoms with Gasteiger partial charge in [-0.25, -0.2) is 4.39 Å². The van der Waals surface area contributed by atoms with Crippen LogP contribution in [0.5, 0.6) is 0 Å². The van der Waals surface area contributed by atoms with Gasteiger partial charge in [0.15, 0.2) is 0 Å². The topological polar surface area (TPSA) is 12.0 Å². The van der Waals surface area contributed by atoms with E-state index in [0.717, 1.165) is 23.0 Å². The maximum atomic E-state index is 14.0. The summed E-state index contributed by atoms with van der Waals surface area (Å²) in [7, 11) is 0. The SMILES string of the molecule is CCCNC(Cc1ccc(Cl)cc1F)c1ccccc1Br. The first-order valence-electron chi connectivity index (χ1n) is 7.03. The molecule has 0 spiro atoms. The van der Waals surface area contributed by atoms with E-state index in [0.29, 0.717) is 17.0 Å². The zero-order valence-electron chi connectivity index (χ0n) is 11.9. The van der Waals surface area contributed by atoms with E-state index in [2.05, 4.69) is 34.2 Å². The summed E-state index contributed by atoms with van der Waals surface area (Å²) >= 11 is 9.39. The van der Waals surface area contributed by atoms with Gasteiger partial charge in [0.1, 0.15) is 5.82 Å². The number of benzene rings is 2. The minimum absolute atomic E-state index is 0.0659. The second-order valence-corrected chi connectivity index (χ2v) is 6.26. The second kappa shape index (κ2) is 7.92. The number of rotatable bonds is 6. The Kier molecular flexibility index (Phi) is 6.22. The van der Waals surface area contributed by atoms with Crippen molar-refractivity contribution in [3.63, 3.8) is 0 Å². The molecule has 0 saturated carbocycles. The Hall–Kier alpha value is -0.900. The monoisotopic (exact) mass is 369 g/mol. The van der Waals surface area contributed by atoms with Crippen molar-refractivity contribution < 1.29 is 4.39 Å². The van der Waals surface area contributed by atoms with Gasteiger partial charge in [-0.05, 0) is 48.7 Å². The Morgan fingerprint density at radius 3 is 2.67 bits per heavy atom. The molecule has 1 N–H and O–H groups in total. The molecule has 1 nitrogen and oxygen atoms in total. The minimum Gasteiger partial charge on any atom is -0.310 e. The van der Waals surface area contributed by atoms with Crippen molar-refractivity contribution in [2.24, 2.45) is 0 Å². The van der Waals surface area contributed by atoms with Gasteiger partial charge in [0.2, 0.25) is 0 Å². The van der Waals surface area contributed by atoms with Crippen LogP contribution < -0.4 is 5.32 Å². The highest BCUT2D eigenvalue weighted by molar-refractivity contribution is 9.10. The molecule has 0 aliphatic rings. The molecule has 0 aliphatic heterocycles. The van der Waals surface area contributed by atoms with Crippen LogP contribution in [0.2, 0.25) is 5.02 Å². The maximum absolute atomic E-state index is 14.0. The van der Waals surface area contributed by atoms with E-state index in [1.165, 1.54) is 6.07 Å². The van der Waals surface area contributed by atoms with Crippen LogP contribution >= 0.6 is 27.5 Å². The summed E-state index contributed by atoms with van der Waals surface area (Å²) in [5, 5.41) is 3.91. The van der Waals surface area contributed by atoms with Gasteiger partial charge in [0, 0.05) is 15.5 Å². The van der Waals surface area contributed by atoms with Gasteiger partial charge in [-0.1, -0.05) is 58.7 Å². The number of nitrogens with one attached hydrogen (secondary N) is 1. The fourth-order valence-corrected chi connectivity index (χ4v) is 3.00. The zero-order valence-corrected chi connectivity index (χ0v) is 14.2. The molecular weight excluding hydrogens is 353 g/mol. The first-order chi connectivity index (χ1) is 10.1. The van der Waals surface area contributed by atoms with Crippen LogP contribution in [0.4, 0.5) is 4.39 Å². The van der Waals surface area contributed by atoms with Crippen LogP contribution in [0.15, 0.2) is 46.9 Å². The van der Waals surface area contributed by atoms with Crippen molar-refractivity contribution in [2.75, 3.05) is 6.54 Å². The van der Waals surface area contributed by atoms with E-state index < -0.39 is 0 Å². The predicted octanol–water partition coefficient (Wildman–Crippen LogP) is 5.53.